The van der Waals surface area contributed by atoms with Crippen molar-refractivity contribution in [1.82, 2.24) is 4.98 Å². The summed E-state index contributed by atoms with van der Waals surface area (Å²) in [4.78, 5) is 3.67. The largest absolute Gasteiger partial charge is 0.473 e. The highest BCUT2D eigenvalue weighted by Crippen LogP contribution is 2.36. The van der Waals surface area contributed by atoms with Crippen LogP contribution in [0.5, 0.6) is 5.75 Å². The lowest BCUT2D eigenvalue weighted by molar-refractivity contribution is -0.199. The Morgan fingerprint density at radius 3 is 2.40 bits per heavy atom. The standard InChI is InChI=1S/C14H9F3N2O/c15-14(16,17)13(11-6-3-4-8-19-11)20-12-7-2-1-5-10(12)9-18/h1-8,13H. The van der Waals surface area contributed by atoms with E-state index in [2.05, 4.69) is 4.98 Å². The van der Waals surface area contributed by atoms with Gasteiger partial charge < -0.3 is 4.74 Å². The molecule has 1 heterocycles. The van der Waals surface area contributed by atoms with Gasteiger partial charge in [0.05, 0.1) is 11.3 Å². The van der Waals surface area contributed by atoms with Crippen LogP contribution >= 0.6 is 0 Å². The molecule has 0 N–H and O–H groups in total. The summed E-state index contributed by atoms with van der Waals surface area (Å²) in [6, 6.07) is 11.7. The highest BCUT2D eigenvalue weighted by Gasteiger charge is 2.44. The summed E-state index contributed by atoms with van der Waals surface area (Å²) in [6.07, 6.45) is -5.58. The van der Waals surface area contributed by atoms with Gasteiger partial charge in [-0.2, -0.15) is 18.4 Å². The number of benzene rings is 1. The Hall–Kier alpha value is -2.55. The van der Waals surface area contributed by atoms with Crippen molar-refractivity contribution >= 4 is 0 Å². The highest BCUT2D eigenvalue weighted by molar-refractivity contribution is 5.42. The topological polar surface area (TPSA) is 45.9 Å². The molecule has 2 aromatic rings. The molecule has 0 aliphatic heterocycles. The lowest BCUT2D eigenvalue weighted by Crippen LogP contribution is -2.27. The summed E-state index contributed by atoms with van der Waals surface area (Å²) in [5.41, 5.74) is -0.217. The maximum Gasteiger partial charge on any atom is 0.431 e. The zero-order valence-corrected chi connectivity index (χ0v) is 10.1. The van der Waals surface area contributed by atoms with Gasteiger partial charge in [-0.05, 0) is 24.3 Å². The summed E-state index contributed by atoms with van der Waals surface area (Å²) in [5, 5.41) is 8.88. The molecule has 0 amide bonds. The Balaban J connectivity index is 2.38. The second-order valence-corrected chi connectivity index (χ2v) is 3.90. The van der Waals surface area contributed by atoms with Gasteiger partial charge in [0.2, 0.25) is 6.10 Å². The van der Waals surface area contributed by atoms with Crippen molar-refractivity contribution < 1.29 is 17.9 Å². The Morgan fingerprint density at radius 1 is 1.10 bits per heavy atom. The second kappa shape index (κ2) is 5.61. The Bertz CT molecular complexity index is 620. The smallest absolute Gasteiger partial charge is 0.431 e. The van der Waals surface area contributed by atoms with Crippen molar-refractivity contribution in [3.63, 3.8) is 0 Å². The molecule has 0 aliphatic rings. The molecular weight excluding hydrogens is 269 g/mol. The number of hydrogen-bond acceptors (Lipinski definition) is 3. The van der Waals surface area contributed by atoms with Gasteiger partial charge in [0.1, 0.15) is 11.8 Å². The average molecular weight is 278 g/mol. The average Bonchev–Trinajstić information content (AvgIpc) is 2.45. The van der Waals surface area contributed by atoms with E-state index in [9.17, 15) is 13.2 Å². The van der Waals surface area contributed by atoms with Crippen LogP contribution in [0.1, 0.15) is 17.4 Å². The fraction of sp³-hybridized carbons (Fsp3) is 0.143. The minimum atomic E-state index is -4.63. The molecule has 6 heteroatoms. The van der Waals surface area contributed by atoms with Crippen molar-refractivity contribution in [3.05, 3.63) is 59.9 Å². The maximum absolute atomic E-state index is 13.1. The van der Waals surface area contributed by atoms with Crippen LogP contribution in [0.4, 0.5) is 13.2 Å². The first-order valence-electron chi connectivity index (χ1n) is 5.66. The molecule has 102 valence electrons. The van der Waals surface area contributed by atoms with Gasteiger partial charge >= 0.3 is 6.18 Å². The molecule has 1 atom stereocenters. The molecule has 20 heavy (non-hydrogen) atoms. The lowest BCUT2D eigenvalue weighted by Gasteiger charge is -2.21. The van der Waals surface area contributed by atoms with Crippen molar-refractivity contribution in [2.24, 2.45) is 0 Å². The van der Waals surface area contributed by atoms with E-state index in [0.717, 1.165) is 0 Å². The number of halogens is 3. The molecule has 0 saturated heterocycles. The van der Waals surface area contributed by atoms with Crippen molar-refractivity contribution in [2.45, 2.75) is 12.3 Å². The number of hydrogen-bond donors (Lipinski definition) is 0. The Kier molecular flexibility index (Phi) is 3.89. The highest BCUT2D eigenvalue weighted by atomic mass is 19.4. The molecule has 3 nitrogen and oxygen atoms in total. The second-order valence-electron chi connectivity index (χ2n) is 3.90. The molecular formula is C14H9F3N2O. The summed E-state index contributed by atoms with van der Waals surface area (Å²) < 4.78 is 44.2. The summed E-state index contributed by atoms with van der Waals surface area (Å²) in [6.45, 7) is 0. The number of rotatable bonds is 3. The quantitative estimate of drug-likeness (QED) is 0.861. The summed E-state index contributed by atoms with van der Waals surface area (Å²) in [5.74, 6) is -0.122. The first-order valence-corrected chi connectivity index (χ1v) is 5.66. The van der Waals surface area contributed by atoms with Gasteiger partial charge in [0, 0.05) is 6.20 Å². The Morgan fingerprint density at radius 2 is 1.80 bits per heavy atom. The van der Waals surface area contributed by atoms with E-state index >= 15 is 0 Å². The number of para-hydroxylation sites is 1. The maximum atomic E-state index is 13.1. The van der Waals surface area contributed by atoms with Gasteiger partial charge in [-0.15, -0.1) is 0 Å². The van der Waals surface area contributed by atoms with Crippen molar-refractivity contribution in [1.29, 1.82) is 5.26 Å². The molecule has 2 rings (SSSR count). The molecule has 1 aromatic heterocycles. The first kappa shape index (κ1) is 13.9. The van der Waals surface area contributed by atoms with Gasteiger partial charge in [-0.1, -0.05) is 18.2 Å². The lowest BCUT2D eigenvalue weighted by atomic mass is 10.2. The third kappa shape index (κ3) is 3.06. The molecule has 0 radical (unpaired) electrons. The van der Waals surface area contributed by atoms with Crippen LogP contribution in [0.25, 0.3) is 0 Å². The van der Waals surface area contributed by atoms with E-state index in [1.165, 1.54) is 42.6 Å². The third-order valence-electron chi connectivity index (χ3n) is 2.51. The van der Waals surface area contributed by atoms with Crippen molar-refractivity contribution in [2.75, 3.05) is 0 Å². The molecule has 0 aliphatic carbocycles. The minimum Gasteiger partial charge on any atom is -0.473 e. The van der Waals surface area contributed by atoms with Crippen LogP contribution in [0, 0.1) is 11.3 Å². The normalized spacial score (nSPS) is 12.5. The fourth-order valence-corrected chi connectivity index (χ4v) is 1.61. The number of pyridine rings is 1. The Labute approximate surface area is 113 Å². The predicted octanol–water partition coefficient (Wildman–Crippen LogP) is 3.64. The summed E-state index contributed by atoms with van der Waals surface area (Å²) >= 11 is 0. The summed E-state index contributed by atoms with van der Waals surface area (Å²) in [7, 11) is 0. The third-order valence-corrected chi connectivity index (χ3v) is 2.51. The van der Waals surface area contributed by atoms with Gasteiger partial charge in [0.15, 0.2) is 0 Å². The molecule has 0 bridgehead atoms. The van der Waals surface area contributed by atoms with E-state index in [1.54, 1.807) is 12.1 Å². The van der Waals surface area contributed by atoms with E-state index in [-0.39, 0.29) is 17.0 Å². The van der Waals surface area contributed by atoms with Crippen LogP contribution in [-0.2, 0) is 0 Å². The van der Waals surface area contributed by atoms with Gasteiger partial charge in [0.25, 0.3) is 0 Å². The minimum absolute atomic E-state index is 0.0395. The molecule has 1 aromatic carbocycles. The number of nitrogens with zero attached hydrogens (tertiary/aromatic N) is 2. The number of alkyl halides is 3. The number of nitriles is 1. The van der Waals surface area contributed by atoms with Crippen LogP contribution in [0.2, 0.25) is 0 Å². The van der Waals surface area contributed by atoms with Gasteiger partial charge in [-0.3, -0.25) is 4.98 Å². The zero-order chi connectivity index (χ0) is 14.6. The SMILES string of the molecule is N#Cc1ccccc1OC(c1ccccn1)C(F)(F)F. The molecule has 0 fully saturated rings. The molecule has 0 saturated carbocycles. The number of ether oxygens (including phenoxy) is 1. The fourth-order valence-electron chi connectivity index (χ4n) is 1.61. The van der Waals surface area contributed by atoms with Crippen LogP contribution in [0.3, 0.4) is 0 Å². The molecule has 0 spiro atoms. The monoisotopic (exact) mass is 278 g/mol. The van der Waals surface area contributed by atoms with Crippen molar-refractivity contribution in [3.8, 4) is 11.8 Å². The number of aromatic nitrogens is 1. The van der Waals surface area contributed by atoms with E-state index in [4.69, 9.17) is 10.00 Å². The first-order chi connectivity index (χ1) is 9.52. The van der Waals surface area contributed by atoms with Crippen LogP contribution < -0.4 is 4.74 Å². The van der Waals surface area contributed by atoms with Gasteiger partial charge in [-0.25, -0.2) is 0 Å². The van der Waals surface area contributed by atoms with Crippen LogP contribution in [0.15, 0.2) is 48.7 Å². The molecule has 1 unspecified atom stereocenters. The zero-order valence-electron chi connectivity index (χ0n) is 10.1. The van der Waals surface area contributed by atoms with Crippen LogP contribution in [-0.4, -0.2) is 11.2 Å². The van der Waals surface area contributed by atoms with E-state index in [0.29, 0.717) is 0 Å². The predicted molar refractivity (Wildman–Crippen MR) is 64.8 cm³/mol. The van der Waals surface area contributed by atoms with E-state index < -0.39 is 12.3 Å². The van der Waals surface area contributed by atoms with E-state index in [1.807, 2.05) is 0 Å².